The van der Waals surface area contributed by atoms with Crippen LogP contribution in [0.3, 0.4) is 0 Å². The first-order valence-electron chi connectivity index (χ1n) is 7.72. The van der Waals surface area contributed by atoms with E-state index >= 15 is 0 Å². The van der Waals surface area contributed by atoms with Gasteiger partial charge >= 0.3 is 6.18 Å². The molecular formula is C18H18ClF3N2O. The smallest absolute Gasteiger partial charge is 0.324 e. The summed E-state index contributed by atoms with van der Waals surface area (Å²) in [7, 11) is 0. The van der Waals surface area contributed by atoms with E-state index in [1.165, 1.54) is 6.07 Å². The second kappa shape index (κ2) is 8.36. The summed E-state index contributed by atoms with van der Waals surface area (Å²) < 4.78 is 39.2. The average Bonchev–Trinajstić information content (AvgIpc) is 2.56. The molecule has 2 rings (SSSR count). The average molecular weight is 371 g/mol. The molecule has 2 aromatic carbocycles. The number of nitrogens with zero attached hydrogens (tertiary/aromatic N) is 1. The van der Waals surface area contributed by atoms with Crippen LogP contribution in [0.2, 0.25) is 5.02 Å². The van der Waals surface area contributed by atoms with Crippen LogP contribution < -0.4 is 5.32 Å². The number of nitrogens with one attached hydrogen (secondary N) is 1. The Hall–Kier alpha value is -2.05. The third-order valence-corrected chi connectivity index (χ3v) is 3.86. The third-order valence-electron chi connectivity index (χ3n) is 3.62. The SMILES string of the molecule is CCN(CC(=O)Nc1ccc(Cl)cc1C(F)(F)F)Cc1ccccc1. The molecule has 2 aromatic rings. The summed E-state index contributed by atoms with van der Waals surface area (Å²) in [5.74, 6) is -0.509. The van der Waals surface area contributed by atoms with E-state index < -0.39 is 17.6 Å². The van der Waals surface area contributed by atoms with Crippen molar-refractivity contribution >= 4 is 23.2 Å². The highest BCUT2D eigenvalue weighted by atomic mass is 35.5. The van der Waals surface area contributed by atoms with Gasteiger partial charge in [0.2, 0.25) is 5.91 Å². The number of carbonyl (C=O) groups is 1. The molecule has 1 N–H and O–H groups in total. The van der Waals surface area contributed by atoms with Crippen molar-refractivity contribution in [3.05, 3.63) is 64.7 Å². The zero-order valence-electron chi connectivity index (χ0n) is 13.6. The van der Waals surface area contributed by atoms with E-state index in [9.17, 15) is 18.0 Å². The van der Waals surface area contributed by atoms with Gasteiger partial charge in [-0.25, -0.2) is 0 Å². The first kappa shape index (κ1) is 19.3. The third kappa shape index (κ3) is 5.76. The fourth-order valence-corrected chi connectivity index (χ4v) is 2.55. The van der Waals surface area contributed by atoms with Crippen molar-refractivity contribution < 1.29 is 18.0 Å². The van der Waals surface area contributed by atoms with E-state index in [-0.39, 0.29) is 17.3 Å². The molecule has 25 heavy (non-hydrogen) atoms. The van der Waals surface area contributed by atoms with Crippen molar-refractivity contribution in [3.63, 3.8) is 0 Å². The Morgan fingerprint density at radius 3 is 2.44 bits per heavy atom. The van der Waals surface area contributed by atoms with E-state index in [4.69, 9.17) is 11.6 Å². The summed E-state index contributed by atoms with van der Waals surface area (Å²) in [6.07, 6.45) is -4.60. The molecule has 0 aliphatic rings. The molecule has 0 saturated carbocycles. The molecular weight excluding hydrogens is 353 g/mol. The van der Waals surface area contributed by atoms with Gasteiger partial charge in [0.1, 0.15) is 0 Å². The number of anilines is 1. The van der Waals surface area contributed by atoms with Crippen LogP contribution in [0.15, 0.2) is 48.5 Å². The maximum Gasteiger partial charge on any atom is 0.418 e. The van der Waals surface area contributed by atoms with Crippen molar-refractivity contribution in [3.8, 4) is 0 Å². The van der Waals surface area contributed by atoms with Crippen LogP contribution in [-0.4, -0.2) is 23.9 Å². The number of benzene rings is 2. The van der Waals surface area contributed by atoms with E-state index in [2.05, 4.69) is 5.32 Å². The summed E-state index contributed by atoms with van der Waals surface area (Å²) in [5, 5.41) is 2.30. The lowest BCUT2D eigenvalue weighted by Crippen LogP contribution is -2.33. The van der Waals surface area contributed by atoms with Gasteiger partial charge in [-0.1, -0.05) is 48.9 Å². The molecule has 134 valence electrons. The van der Waals surface area contributed by atoms with Crippen molar-refractivity contribution in [2.45, 2.75) is 19.6 Å². The van der Waals surface area contributed by atoms with Crippen molar-refractivity contribution in [2.75, 3.05) is 18.4 Å². The van der Waals surface area contributed by atoms with Crippen LogP contribution in [-0.2, 0) is 17.5 Å². The number of hydrogen-bond acceptors (Lipinski definition) is 2. The van der Waals surface area contributed by atoms with Gasteiger partial charge in [-0.15, -0.1) is 0 Å². The van der Waals surface area contributed by atoms with E-state index in [1.807, 2.05) is 42.2 Å². The standard InChI is InChI=1S/C18H18ClF3N2O/c1-2-24(11-13-6-4-3-5-7-13)12-17(25)23-16-9-8-14(19)10-15(16)18(20,21)22/h3-10H,2,11-12H2,1H3,(H,23,25). The predicted octanol–water partition coefficient (Wildman–Crippen LogP) is 4.82. The molecule has 0 fully saturated rings. The first-order chi connectivity index (χ1) is 11.8. The topological polar surface area (TPSA) is 32.3 Å². The maximum absolute atomic E-state index is 13.1. The number of rotatable bonds is 6. The van der Waals surface area contributed by atoms with Crippen molar-refractivity contribution in [1.29, 1.82) is 0 Å². The second-order valence-electron chi connectivity index (χ2n) is 5.52. The van der Waals surface area contributed by atoms with Crippen LogP contribution in [0.4, 0.5) is 18.9 Å². The molecule has 0 spiro atoms. The minimum absolute atomic E-state index is 0.00861. The van der Waals surface area contributed by atoms with Crippen LogP contribution in [0.1, 0.15) is 18.1 Å². The molecule has 3 nitrogen and oxygen atoms in total. The Morgan fingerprint density at radius 1 is 1.16 bits per heavy atom. The predicted molar refractivity (Wildman–Crippen MR) is 92.5 cm³/mol. The Balaban J connectivity index is 2.06. The molecule has 7 heteroatoms. The Kier molecular flexibility index (Phi) is 6.45. The Bertz CT molecular complexity index is 720. The molecule has 0 heterocycles. The normalized spacial score (nSPS) is 11.6. The molecule has 1 amide bonds. The van der Waals surface area contributed by atoms with Crippen molar-refractivity contribution in [1.82, 2.24) is 4.90 Å². The zero-order chi connectivity index (χ0) is 18.4. The van der Waals surface area contributed by atoms with Gasteiger partial charge in [-0.2, -0.15) is 13.2 Å². The molecule has 0 aliphatic heterocycles. The van der Waals surface area contributed by atoms with Gasteiger partial charge in [0.25, 0.3) is 0 Å². The minimum atomic E-state index is -4.60. The maximum atomic E-state index is 13.1. The van der Waals surface area contributed by atoms with Crippen LogP contribution in [0.25, 0.3) is 0 Å². The molecule has 0 aliphatic carbocycles. The molecule has 0 unspecified atom stereocenters. The Labute approximate surface area is 149 Å². The molecule has 0 radical (unpaired) electrons. The summed E-state index contributed by atoms with van der Waals surface area (Å²) in [6, 6.07) is 12.8. The fraction of sp³-hybridized carbons (Fsp3) is 0.278. The molecule has 0 saturated heterocycles. The number of alkyl halides is 3. The number of likely N-dealkylation sites (N-methyl/N-ethyl adjacent to an activating group) is 1. The monoisotopic (exact) mass is 370 g/mol. The lowest BCUT2D eigenvalue weighted by atomic mass is 10.1. The molecule has 0 atom stereocenters. The largest absolute Gasteiger partial charge is 0.418 e. The highest BCUT2D eigenvalue weighted by molar-refractivity contribution is 6.30. The number of halogens is 4. The number of carbonyl (C=O) groups excluding carboxylic acids is 1. The fourth-order valence-electron chi connectivity index (χ4n) is 2.37. The van der Waals surface area contributed by atoms with Crippen molar-refractivity contribution in [2.24, 2.45) is 0 Å². The lowest BCUT2D eigenvalue weighted by molar-refractivity contribution is -0.137. The highest BCUT2D eigenvalue weighted by Gasteiger charge is 2.34. The van der Waals surface area contributed by atoms with Gasteiger partial charge in [0.15, 0.2) is 0 Å². The van der Waals surface area contributed by atoms with Gasteiger partial charge in [0, 0.05) is 11.6 Å². The number of amides is 1. The number of hydrogen-bond donors (Lipinski definition) is 1. The first-order valence-corrected chi connectivity index (χ1v) is 8.10. The van der Waals surface area contributed by atoms with E-state index in [0.29, 0.717) is 13.1 Å². The quantitative estimate of drug-likeness (QED) is 0.790. The van der Waals surface area contributed by atoms with Gasteiger partial charge in [0.05, 0.1) is 17.8 Å². The van der Waals surface area contributed by atoms with Crippen LogP contribution >= 0.6 is 11.6 Å². The molecule has 0 bridgehead atoms. The summed E-state index contributed by atoms with van der Waals surface area (Å²) in [4.78, 5) is 14.0. The minimum Gasteiger partial charge on any atom is -0.324 e. The lowest BCUT2D eigenvalue weighted by Gasteiger charge is -2.21. The summed E-state index contributed by atoms with van der Waals surface area (Å²) >= 11 is 5.64. The summed E-state index contributed by atoms with van der Waals surface area (Å²) in [6.45, 7) is 3.01. The van der Waals surface area contributed by atoms with E-state index in [1.54, 1.807) is 0 Å². The van der Waals surface area contributed by atoms with Gasteiger partial charge < -0.3 is 5.32 Å². The zero-order valence-corrected chi connectivity index (χ0v) is 14.4. The highest BCUT2D eigenvalue weighted by Crippen LogP contribution is 2.36. The molecule has 0 aromatic heterocycles. The van der Waals surface area contributed by atoms with Gasteiger partial charge in [-0.05, 0) is 30.3 Å². The van der Waals surface area contributed by atoms with Crippen LogP contribution in [0.5, 0.6) is 0 Å². The van der Waals surface area contributed by atoms with E-state index in [0.717, 1.165) is 17.7 Å². The van der Waals surface area contributed by atoms with Gasteiger partial charge in [-0.3, -0.25) is 9.69 Å². The second-order valence-corrected chi connectivity index (χ2v) is 5.96. The summed E-state index contributed by atoms with van der Waals surface area (Å²) in [5.41, 5.74) is -0.225. The Morgan fingerprint density at radius 2 is 1.84 bits per heavy atom. The van der Waals surface area contributed by atoms with Crippen LogP contribution in [0, 0.1) is 0 Å².